The molecule has 0 radical (unpaired) electrons. The van der Waals surface area contributed by atoms with Gasteiger partial charge in [-0.1, -0.05) is 67.5 Å². The van der Waals surface area contributed by atoms with Crippen LogP contribution in [0.4, 0.5) is 0 Å². The van der Waals surface area contributed by atoms with E-state index in [9.17, 15) is 15.3 Å². The van der Waals surface area contributed by atoms with Crippen molar-refractivity contribution in [1.82, 2.24) is 0 Å². The molecule has 0 aromatic carbocycles. The van der Waals surface area contributed by atoms with Gasteiger partial charge in [-0.25, -0.2) is 0 Å². The lowest BCUT2D eigenvalue weighted by Gasteiger charge is -2.52. The molecule has 4 rings (SSSR count). The minimum absolute atomic E-state index is 0.115. The molecule has 0 aromatic rings. The van der Waals surface area contributed by atoms with Crippen LogP contribution in [0.3, 0.4) is 0 Å². The Kier molecular flexibility index (Phi) is 12.0. The van der Waals surface area contributed by atoms with E-state index in [-0.39, 0.29) is 49.0 Å². The maximum atomic E-state index is 11.4. The molecule has 0 bridgehead atoms. The van der Waals surface area contributed by atoms with Gasteiger partial charge in [0.15, 0.2) is 8.32 Å². The van der Waals surface area contributed by atoms with Crippen LogP contribution in [0.1, 0.15) is 101 Å². The van der Waals surface area contributed by atoms with Crippen molar-refractivity contribution >= 4 is 8.32 Å². The highest BCUT2D eigenvalue weighted by Gasteiger charge is 2.54. The average Bonchev–Trinajstić information content (AvgIpc) is 2.96. The minimum Gasteiger partial charge on any atom is -0.413 e. The molecule has 12 atom stereocenters. The number of fused-ring (bicyclic) bond motifs is 3. The van der Waals surface area contributed by atoms with Crippen molar-refractivity contribution < 1.29 is 38.7 Å². The quantitative estimate of drug-likeness (QED) is 0.251. The number of aliphatic hydroxyl groups excluding tert-OH is 3. The normalized spacial score (nSPS) is 43.8. The fourth-order valence-electron chi connectivity index (χ4n) is 9.00. The van der Waals surface area contributed by atoms with E-state index in [2.05, 4.69) is 68.4 Å². The molecule has 4 aliphatic heterocycles. The summed E-state index contributed by atoms with van der Waals surface area (Å²) in [5, 5.41) is 32.0. The lowest BCUT2D eigenvalue weighted by molar-refractivity contribution is -0.274. The summed E-state index contributed by atoms with van der Waals surface area (Å²) in [4.78, 5) is 0. The Morgan fingerprint density at radius 2 is 1.47 bits per heavy atom. The van der Waals surface area contributed by atoms with Gasteiger partial charge in [0.25, 0.3) is 0 Å². The van der Waals surface area contributed by atoms with Crippen molar-refractivity contribution in [1.29, 1.82) is 0 Å². The lowest BCUT2D eigenvalue weighted by atomic mass is 9.78. The largest absolute Gasteiger partial charge is 0.413 e. The van der Waals surface area contributed by atoms with Gasteiger partial charge in [0.2, 0.25) is 0 Å². The van der Waals surface area contributed by atoms with E-state index in [0.717, 1.165) is 12.8 Å². The highest BCUT2D eigenvalue weighted by atomic mass is 28.4. The zero-order chi connectivity index (χ0) is 31.7. The summed E-state index contributed by atoms with van der Waals surface area (Å²) >= 11 is 0. The number of aliphatic hydroxyl groups is 3. The molecular formula is C34H62O8Si. The Labute approximate surface area is 262 Å². The van der Waals surface area contributed by atoms with E-state index in [1.807, 2.05) is 6.08 Å². The third-order valence-corrected chi connectivity index (χ3v) is 17.1. The van der Waals surface area contributed by atoms with E-state index in [4.69, 9.17) is 23.4 Å². The zero-order valence-corrected chi connectivity index (χ0v) is 29.3. The zero-order valence-electron chi connectivity index (χ0n) is 28.3. The molecule has 0 aliphatic carbocycles. The van der Waals surface area contributed by atoms with Gasteiger partial charge in [-0.15, -0.1) is 0 Å². The molecule has 0 saturated carbocycles. The first-order chi connectivity index (χ1) is 20.2. The van der Waals surface area contributed by atoms with Crippen molar-refractivity contribution in [2.24, 2.45) is 11.8 Å². The molecule has 0 aromatic heterocycles. The summed E-state index contributed by atoms with van der Waals surface area (Å²) in [5.74, 6) is 0.374. The molecule has 0 spiro atoms. The second-order valence-corrected chi connectivity index (χ2v) is 20.8. The van der Waals surface area contributed by atoms with Crippen LogP contribution in [0.5, 0.6) is 0 Å². The smallest absolute Gasteiger partial charge is 0.200 e. The summed E-state index contributed by atoms with van der Waals surface area (Å²) in [6.07, 6.45) is 4.53. The lowest BCUT2D eigenvalue weighted by Crippen LogP contribution is -2.60. The fourth-order valence-corrected chi connectivity index (χ4v) is 14.5. The maximum absolute atomic E-state index is 11.4. The number of rotatable bonds is 7. The Morgan fingerprint density at radius 3 is 2.09 bits per heavy atom. The van der Waals surface area contributed by atoms with Crippen molar-refractivity contribution in [3.63, 3.8) is 0 Å². The van der Waals surface area contributed by atoms with Crippen LogP contribution >= 0.6 is 0 Å². The summed E-state index contributed by atoms with van der Waals surface area (Å²) < 4.78 is 34.1. The van der Waals surface area contributed by atoms with Gasteiger partial charge in [0.1, 0.15) is 12.2 Å². The SMILES string of the molecule is CC(C)[Si](OC[C@H]1O[C@H]2C[C@H]3O[C@H]4C/C=C\C[C@@H](O)[C@H](CO)O[C@@H]4[C@@H](C)C[C@@H]3O[C@]2(C)C[C@H](C)C[C@@H]1O)(C(C)C)C(C)C. The Hall–Kier alpha value is -0.363. The predicted molar refractivity (Wildman–Crippen MR) is 171 cm³/mol. The Balaban J connectivity index is 1.58. The molecule has 250 valence electrons. The molecule has 3 saturated heterocycles. The van der Waals surface area contributed by atoms with Crippen molar-refractivity contribution in [2.75, 3.05) is 13.2 Å². The van der Waals surface area contributed by atoms with Crippen molar-refractivity contribution in [3.05, 3.63) is 12.2 Å². The molecule has 0 unspecified atom stereocenters. The van der Waals surface area contributed by atoms with Crippen LogP contribution in [0, 0.1) is 11.8 Å². The first-order valence-corrected chi connectivity index (χ1v) is 19.3. The second kappa shape index (κ2) is 14.6. The van der Waals surface area contributed by atoms with E-state index >= 15 is 0 Å². The second-order valence-electron chi connectivity index (χ2n) is 15.4. The van der Waals surface area contributed by atoms with Gasteiger partial charge < -0.3 is 38.7 Å². The average molecular weight is 627 g/mol. The first-order valence-electron chi connectivity index (χ1n) is 17.1. The summed E-state index contributed by atoms with van der Waals surface area (Å²) in [6, 6.07) is 0. The molecule has 3 N–H and O–H groups in total. The van der Waals surface area contributed by atoms with Crippen LogP contribution in [-0.2, 0) is 23.4 Å². The van der Waals surface area contributed by atoms with Crippen LogP contribution in [0.25, 0.3) is 0 Å². The molecule has 9 heteroatoms. The molecule has 0 amide bonds. The van der Waals surface area contributed by atoms with Crippen LogP contribution in [0.15, 0.2) is 12.2 Å². The van der Waals surface area contributed by atoms with Gasteiger partial charge in [0, 0.05) is 6.42 Å². The fraction of sp³-hybridized carbons (Fsp3) is 0.941. The van der Waals surface area contributed by atoms with Crippen molar-refractivity contribution in [2.45, 2.75) is 178 Å². The highest BCUT2D eigenvalue weighted by Crippen LogP contribution is 2.46. The Bertz CT molecular complexity index is 891. The predicted octanol–water partition coefficient (Wildman–Crippen LogP) is 5.52. The minimum atomic E-state index is -2.14. The molecule has 3 fully saturated rings. The number of ether oxygens (including phenoxy) is 4. The highest BCUT2D eigenvalue weighted by molar-refractivity contribution is 6.77. The molecule has 43 heavy (non-hydrogen) atoms. The summed E-state index contributed by atoms with van der Waals surface area (Å²) in [7, 11) is -2.14. The monoisotopic (exact) mass is 626 g/mol. The van der Waals surface area contributed by atoms with Crippen LogP contribution in [0.2, 0.25) is 16.6 Å². The number of hydrogen-bond donors (Lipinski definition) is 3. The van der Waals surface area contributed by atoms with E-state index in [0.29, 0.717) is 48.9 Å². The van der Waals surface area contributed by atoms with E-state index in [1.165, 1.54) is 0 Å². The van der Waals surface area contributed by atoms with Crippen LogP contribution < -0.4 is 0 Å². The van der Waals surface area contributed by atoms with Crippen LogP contribution in [-0.4, -0.2) is 97.4 Å². The van der Waals surface area contributed by atoms with E-state index < -0.39 is 38.3 Å². The Morgan fingerprint density at radius 1 is 0.814 bits per heavy atom. The summed E-state index contributed by atoms with van der Waals surface area (Å²) in [5.41, 5.74) is 0.833. The topological polar surface area (TPSA) is 107 Å². The first kappa shape index (κ1) is 35.5. The van der Waals surface area contributed by atoms with Gasteiger partial charge in [-0.05, 0) is 67.5 Å². The third kappa shape index (κ3) is 7.62. The third-order valence-electron chi connectivity index (χ3n) is 11.1. The standard InChI is InChI=1S/C34H62O8Si/c1-20(2)43(21(3)4,22(5)6)38-19-31-26(37)14-23(7)17-34(9)32(40-31)16-28-29(42-34)15-24(8)33-27(39-28)13-11-10-12-25(36)30(18-35)41-33/h10-11,20-33,35-37H,12-19H2,1-9H3/b11-10-/t23-,24+,25-,26+,27+,28-,29+,30+,31-,32+,33-,34-/m1/s1. The molecule has 4 heterocycles. The van der Waals surface area contributed by atoms with Gasteiger partial charge >= 0.3 is 0 Å². The van der Waals surface area contributed by atoms with Crippen molar-refractivity contribution in [3.8, 4) is 0 Å². The summed E-state index contributed by atoms with van der Waals surface area (Å²) in [6.45, 7) is 20.4. The number of hydrogen-bond acceptors (Lipinski definition) is 8. The maximum Gasteiger partial charge on any atom is 0.200 e. The van der Waals surface area contributed by atoms with E-state index in [1.54, 1.807) is 0 Å². The van der Waals surface area contributed by atoms with Gasteiger partial charge in [-0.2, -0.15) is 0 Å². The molecular weight excluding hydrogens is 564 g/mol. The molecule has 8 nitrogen and oxygen atoms in total. The molecule has 4 aliphatic rings. The van der Waals surface area contributed by atoms with Gasteiger partial charge in [0.05, 0.1) is 61.5 Å². The van der Waals surface area contributed by atoms with Gasteiger partial charge in [-0.3, -0.25) is 0 Å².